The standard InChI is InChI=1S/C24H30N4O5/c1-16(8-13-29)33-24(30)28(31-3)20-6-4-18(5-7-20)21-22-17(2)25-11-12-27(22)23(26-21)19-9-14-32-15-10-19/h4-7,11-12,16,19,29H,8-10,13-15H2,1-3H3. The van der Waals surface area contributed by atoms with Crippen LogP contribution in [0.1, 0.15) is 43.6 Å². The van der Waals surface area contributed by atoms with Crippen molar-refractivity contribution >= 4 is 17.3 Å². The molecule has 4 rings (SSSR count). The molecule has 1 aliphatic heterocycles. The monoisotopic (exact) mass is 454 g/mol. The highest BCUT2D eigenvalue weighted by Crippen LogP contribution is 2.34. The van der Waals surface area contributed by atoms with E-state index >= 15 is 0 Å². The zero-order chi connectivity index (χ0) is 23.4. The van der Waals surface area contributed by atoms with Gasteiger partial charge in [-0.2, -0.15) is 5.06 Å². The van der Waals surface area contributed by atoms with Gasteiger partial charge in [0.15, 0.2) is 0 Å². The first-order valence-electron chi connectivity index (χ1n) is 11.2. The van der Waals surface area contributed by atoms with Crippen LogP contribution < -0.4 is 5.06 Å². The van der Waals surface area contributed by atoms with Gasteiger partial charge in [0.1, 0.15) is 11.9 Å². The predicted octanol–water partition coefficient (Wildman–Crippen LogP) is 3.87. The van der Waals surface area contributed by atoms with Crippen molar-refractivity contribution in [2.45, 2.75) is 45.1 Å². The van der Waals surface area contributed by atoms with Crippen LogP contribution in [0.3, 0.4) is 0 Å². The van der Waals surface area contributed by atoms with Crippen molar-refractivity contribution in [1.29, 1.82) is 0 Å². The first-order chi connectivity index (χ1) is 16.0. The molecule has 0 bridgehead atoms. The number of hydrogen-bond acceptors (Lipinski definition) is 7. The fraction of sp³-hybridized carbons (Fsp3) is 0.458. The summed E-state index contributed by atoms with van der Waals surface area (Å²) in [5, 5.41) is 10.1. The fourth-order valence-corrected chi connectivity index (χ4v) is 4.17. The van der Waals surface area contributed by atoms with Crippen molar-refractivity contribution in [3.63, 3.8) is 0 Å². The van der Waals surface area contributed by atoms with Crippen LogP contribution >= 0.6 is 0 Å². The molecule has 1 aromatic carbocycles. The summed E-state index contributed by atoms with van der Waals surface area (Å²) in [4.78, 5) is 27.3. The molecule has 33 heavy (non-hydrogen) atoms. The second kappa shape index (κ2) is 10.3. The Bertz CT molecular complexity index is 1090. The van der Waals surface area contributed by atoms with Gasteiger partial charge in [-0.1, -0.05) is 12.1 Å². The number of amides is 1. The maximum Gasteiger partial charge on any atom is 0.439 e. The zero-order valence-electron chi connectivity index (χ0n) is 19.2. The number of imidazole rings is 1. The Morgan fingerprint density at radius 2 is 2.03 bits per heavy atom. The topological polar surface area (TPSA) is 98.4 Å². The summed E-state index contributed by atoms with van der Waals surface area (Å²) in [6, 6.07) is 7.41. The maximum absolute atomic E-state index is 12.5. The van der Waals surface area contributed by atoms with Gasteiger partial charge in [0.25, 0.3) is 0 Å². The molecule has 0 radical (unpaired) electrons. The summed E-state index contributed by atoms with van der Waals surface area (Å²) < 4.78 is 13.0. The van der Waals surface area contributed by atoms with Gasteiger partial charge in [0.05, 0.1) is 29.7 Å². The number of anilines is 1. The number of fused-ring (bicyclic) bond motifs is 1. The van der Waals surface area contributed by atoms with Crippen molar-refractivity contribution < 1.29 is 24.2 Å². The smallest absolute Gasteiger partial charge is 0.439 e. The lowest BCUT2D eigenvalue weighted by Crippen LogP contribution is -2.33. The average molecular weight is 455 g/mol. The number of ether oxygens (including phenoxy) is 2. The van der Waals surface area contributed by atoms with Crippen LogP contribution in [0.25, 0.3) is 16.8 Å². The average Bonchev–Trinajstić information content (AvgIpc) is 3.22. The minimum Gasteiger partial charge on any atom is -0.445 e. The van der Waals surface area contributed by atoms with Gasteiger partial charge in [-0.05, 0) is 38.8 Å². The lowest BCUT2D eigenvalue weighted by atomic mass is 9.99. The van der Waals surface area contributed by atoms with Gasteiger partial charge < -0.3 is 14.6 Å². The molecule has 1 saturated heterocycles. The Hall–Kier alpha value is -3.01. The van der Waals surface area contributed by atoms with Gasteiger partial charge in [-0.15, -0.1) is 0 Å². The molecule has 1 atom stereocenters. The Labute approximate surface area is 192 Å². The summed E-state index contributed by atoms with van der Waals surface area (Å²) in [5.41, 5.74) is 4.20. The number of aromatic nitrogens is 3. The normalized spacial score (nSPS) is 15.5. The Balaban J connectivity index is 1.65. The number of rotatable bonds is 7. The third kappa shape index (κ3) is 4.85. The highest BCUT2D eigenvalue weighted by atomic mass is 16.7. The summed E-state index contributed by atoms with van der Waals surface area (Å²) in [6.45, 7) is 5.14. The molecule has 2 aromatic heterocycles. The number of aryl methyl sites for hydroxylation is 1. The van der Waals surface area contributed by atoms with Gasteiger partial charge >= 0.3 is 6.09 Å². The maximum atomic E-state index is 12.5. The van der Waals surface area contributed by atoms with Crippen molar-refractivity contribution in [3.05, 3.63) is 48.2 Å². The largest absolute Gasteiger partial charge is 0.445 e. The lowest BCUT2D eigenvalue weighted by Gasteiger charge is -2.21. The number of hydroxylamine groups is 1. The van der Waals surface area contributed by atoms with E-state index in [9.17, 15) is 4.79 Å². The predicted molar refractivity (Wildman–Crippen MR) is 123 cm³/mol. The molecule has 3 aromatic rings. The van der Waals surface area contributed by atoms with Crippen LogP contribution in [0.5, 0.6) is 0 Å². The number of carbonyl (C=O) groups is 1. The van der Waals surface area contributed by atoms with Gasteiger partial charge in [0, 0.05) is 50.1 Å². The minimum absolute atomic E-state index is 0.0567. The van der Waals surface area contributed by atoms with Crippen LogP contribution in [0.2, 0.25) is 0 Å². The van der Waals surface area contributed by atoms with E-state index in [1.807, 2.05) is 25.3 Å². The third-order valence-electron chi connectivity index (χ3n) is 5.91. The molecule has 0 saturated carbocycles. The highest BCUT2D eigenvalue weighted by Gasteiger charge is 2.25. The first kappa shape index (κ1) is 23.2. The number of nitrogens with zero attached hydrogens (tertiary/aromatic N) is 4. The summed E-state index contributed by atoms with van der Waals surface area (Å²) >= 11 is 0. The quantitative estimate of drug-likeness (QED) is 0.541. The summed E-state index contributed by atoms with van der Waals surface area (Å²) in [6.07, 6.45) is 4.96. The molecule has 9 nitrogen and oxygen atoms in total. The number of benzene rings is 1. The first-order valence-corrected chi connectivity index (χ1v) is 11.2. The van der Waals surface area contributed by atoms with Gasteiger partial charge in [-0.25, -0.2) is 9.78 Å². The molecule has 1 aliphatic rings. The van der Waals surface area contributed by atoms with E-state index in [1.165, 1.54) is 7.11 Å². The number of hydrogen-bond donors (Lipinski definition) is 1. The molecule has 1 fully saturated rings. The van der Waals surface area contributed by atoms with Crippen LogP contribution in [0, 0.1) is 6.92 Å². The molecular formula is C24H30N4O5. The molecule has 3 heterocycles. The molecular weight excluding hydrogens is 424 g/mol. The van der Waals surface area contributed by atoms with Crippen LogP contribution in [-0.2, 0) is 14.3 Å². The van der Waals surface area contributed by atoms with Gasteiger partial charge in [-0.3, -0.25) is 14.2 Å². The van der Waals surface area contributed by atoms with Crippen molar-refractivity contribution in [2.24, 2.45) is 0 Å². The Morgan fingerprint density at radius 3 is 2.70 bits per heavy atom. The summed E-state index contributed by atoms with van der Waals surface area (Å²) in [5.74, 6) is 1.36. The lowest BCUT2D eigenvalue weighted by molar-refractivity contribution is 0.0637. The van der Waals surface area contributed by atoms with E-state index in [4.69, 9.17) is 24.4 Å². The second-order valence-electron chi connectivity index (χ2n) is 8.17. The molecule has 1 amide bonds. The van der Waals surface area contributed by atoms with E-state index in [2.05, 4.69) is 9.38 Å². The second-order valence-corrected chi connectivity index (χ2v) is 8.17. The molecule has 9 heteroatoms. The Morgan fingerprint density at radius 1 is 1.30 bits per heavy atom. The highest BCUT2D eigenvalue weighted by molar-refractivity contribution is 5.87. The van der Waals surface area contributed by atoms with E-state index in [0.29, 0.717) is 18.0 Å². The van der Waals surface area contributed by atoms with E-state index in [-0.39, 0.29) is 6.61 Å². The van der Waals surface area contributed by atoms with Crippen LogP contribution in [-0.4, -0.2) is 58.6 Å². The number of carbonyl (C=O) groups excluding carboxylic acids is 1. The zero-order valence-corrected chi connectivity index (χ0v) is 19.2. The van der Waals surface area contributed by atoms with E-state index in [1.54, 1.807) is 25.3 Å². The molecule has 176 valence electrons. The molecule has 0 spiro atoms. The van der Waals surface area contributed by atoms with Gasteiger partial charge in [0.2, 0.25) is 0 Å². The van der Waals surface area contributed by atoms with Crippen LogP contribution in [0.4, 0.5) is 10.5 Å². The number of aliphatic hydroxyl groups is 1. The van der Waals surface area contributed by atoms with Crippen molar-refractivity contribution in [3.8, 4) is 11.3 Å². The Kier molecular flexibility index (Phi) is 7.22. The molecule has 1 N–H and O–H groups in total. The fourth-order valence-electron chi connectivity index (χ4n) is 4.17. The summed E-state index contributed by atoms with van der Waals surface area (Å²) in [7, 11) is 1.41. The van der Waals surface area contributed by atoms with E-state index in [0.717, 1.165) is 59.4 Å². The SMILES string of the molecule is CON(C(=O)OC(C)CCO)c1ccc(-c2nc(C3CCOCC3)n3ccnc(C)c23)cc1. The van der Waals surface area contributed by atoms with Crippen LogP contribution in [0.15, 0.2) is 36.7 Å². The number of aliphatic hydroxyl groups excluding tert-OH is 1. The molecule has 0 aliphatic carbocycles. The van der Waals surface area contributed by atoms with E-state index < -0.39 is 12.2 Å². The van der Waals surface area contributed by atoms with Crippen molar-refractivity contribution in [1.82, 2.24) is 14.4 Å². The minimum atomic E-state index is -0.638. The van der Waals surface area contributed by atoms with Crippen molar-refractivity contribution in [2.75, 3.05) is 32.0 Å². The molecule has 1 unspecified atom stereocenters. The third-order valence-corrected chi connectivity index (χ3v) is 5.91.